The summed E-state index contributed by atoms with van der Waals surface area (Å²) in [5.41, 5.74) is 1.45. The number of hydrogen-bond donors (Lipinski definition) is 1. The SMILES string of the molecule is CCOC(=O)C1=C(C)N(Cc2cccc(C(=O)NCc3cccc(C(F)(F)F)c3)c2)C(=O)CC1c1cccc(F)c1. The molecule has 0 aromatic heterocycles. The minimum atomic E-state index is -4.49. The number of rotatable bonds is 8. The summed E-state index contributed by atoms with van der Waals surface area (Å²) in [4.78, 5) is 40.5. The number of halogens is 4. The number of nitrogens with zero attached hydrogens (tertiary/aromatic N) is 1. The number of esters is 1. The van der Waals surface area contributed by atoms with Gasteiger partial charge in [0.15, 0.2) is 0 Å². The Morgan fingerprint density at radius 3 is 2.41 bits per heavy atom. The van der Waals surface area contributed by atoms with Crippen LogP contribution in [-0.2, 0) is 33.6 Å². The van der Waals surface area contributed by atoms with Gasteiger partial charge in [-0.25, -0.2) is 9.18 Å². The second-order valence-electron chi connectivity index (χ2n) is 9.59. The molecule has 0 fully saturated rings. The summed E-state index contributed by atoms with van der Waals surface area (Å²) in [5.74, 6) is -2.55. The van der Waals surface area contributed by atoms with Gasteiger partial charge in [-0.1, -0.05) is 36.4 Å². The highest BCUT2D eigenvalue weighted by Crippen LogP contribution is 2.38. The first-order valence-corrected chi connectivity index (χ1v) is 12.9. The van der Waals surface area contributed by atoms with Crippen LogP contribution in [0, 0.1) is 5.82 Å². The lowest BCUT2D eigenvalue weighted by molar-refractivity contribution is -0.140. The summed E-state index contributed by atoms with van der Waals surface area (Å²) < 4.78 is 58.2. The molecule has 10 heteroatoms. The van der Waals surface area contributed by atoms with Crippen molar-refractivity contribution < 1.29 is 36.7 Å². The van der Waals surface area contributed by atoms with Crippen LogP contribution in [-0.4, -0.2) is 29.3 Å². The summed E-state index contributed by atoms with van der Waals surface area (Å²) in [6.07, 6.45) is -4.57. The van der Waals surface area contributed by atoms with E-state index in [4.69, 9.17) is 4.74 Å². The van der Waals surface area contributed by atoms with Gasteiger partial charge in [-0.2, -0.15) is 13.2 Å². The second kappa shape index (κ2) is 12.4. The van der Waals surface area contributed by atoms with Crippen LogP contribution in [0.4, 0.5) is 17.6 Å². The summed E-state index contributed by atoms with van der Waals surface area (Å²) in [5, 5.41) is 2.62. The lowest BCUT2D eigenvalue weighted by Crippen LogP contribution is -2.38. The maximum Gasteiger partial charge on any atom is 0.416 e. The highest BCUT2D eigenvalue weighted by atomic mass is 19.4. The van der Waals surface area contributed by atoms with Gasteiger partial charge in [0.05, 0.1) is 24.3 Å². The van der Waals surface area contributed by atoms with E-state index in [9.17, 15) is 31.9 Å². The molecule has 214 valence electrons. The monoisotopic (exact) mass is 568 g/mol. The Balaban J connectivity index is 1.54. The van der Waals surface area contributed by atoms with Gasteiger partial charge < -0.3 is 15.0 Å². The Morgan fingerprint density at radius 2 is 1.71 bits per heavy atom. The normalized spacial score (nSPS) is 15.6. The van der Waals surface area contributed by atoms with Crippen molar-refractivity contribution in [3.63, 3.8) is 0 Å². The molecule has 4 rings (SSSR count). The van der Waals surface area contributed by atoms with E-state index in [2.05, 4.69) is 5.32 Å². The van der Waals surface area contributed by atoms with Crippen molar-refractivity contribution in [2.45, 2.75) is 45.5 Å². The van der Waals surface area contributed by atoms with E-state index in [0.717, 1.165) is 12.1 Å². The number of ether oxygens (including phenoxy) is 1. The van der Waals surface area contributed by atoms with Crippen molar-refractivity contribution in [2.24, 2.45) is 0 Å². The molecule has 0 bridgehead atoms. The molecule has 1 atom stereocenters. The van der Waals surface area contributed by atoms with Crippen LogP contribution in [0.1, 0.15) is 58.8 Å². The average Bonchev–Trinajstić information content (AvgIpc) is 2.93. The molecular weight excluding hydrogens is 540 g/mol. The van der Waals surface area contributed by atoms with E-state index in [1.54, 1.807) is 44.2 Å². The Kier molecular flexibility index (Phi) is 8.90. The number of hydrogen-bond acceptors (Lipinski definition) is 4. The Bertz CT molecular complexity index is 1500. The standard InChI is InChI=1S/C31H28F4N2O4/c1-3-41-30(40)28-19(2)37(27(38)16-26(28)22-9-6-12-25(32)15-22)18-21-8-4-10-23(13-21)29(39)36-17-20-7-5-11-24(14-20)31(33,34)35/h4-15,26H,3,16-18H2,1-2H3,(H,36,39). The van der Waals surface area contributed by atoms with Crippen molar-refractivity contribution in [2.75, 3.05) is 6.61 Å². The first-order valence-electron chi connectivity index (χ1n) is 12.9. The molecule has 0 spiro atoms. The maximum atomic E-state index is 14.0. The van der Waals surface area contributed by atoms with Gasteiger partial charge in [-0.05, 0) is 66.9 Å². The van der Waals surface area contributed by atoms with E-state index >= 15 is 0 Å². The topological polar surface area (TPSA) is 75.7 Å². The molecule has 3 aromatic rings. The first kappa shape index (κ1) is 29.5. The van der Waals surface area contributed by atoms with Crippen LogP contribution < -0.4 is 5.32 Å². The molecule has 1 aliphatic heterocycles. The van der Waals surface area contributed by atoms with Gasteiger partial charge in [0, 0.05) is 30.1 Å². The molecule has 3 aromatic carbocycles. The molecule has 41 heavy (non-hydrogen) atoms. The van der Waals surface area contributed by atoms with E-state index in [0.29, 0.717) is 22.4 Å². The van der Waals surface area contributed by atoms with Gasteiger partial charge in [0.25, 0.3) is 5.91 Å². The van der Waals surface area contributed by atoms with E-state index < -0.39 is 35.4 Å². The second-order valence-corrected chi connectivity index (χ2v) is 9.59. The zero-order valence-corrected chi connectivity index (χ0v) is 22.4. The van der Waals surface area contributed by atoms with Crippen LogP contribution >= 0.6 is 0 Å². The molecule has 0 aliphatic carbocycles. The van der Waals surface area contributed by atoms with Crippen LogP contribution in [0.3, 0.4) is 0 Å². The smallest absolute Gasteiger partial charge is 0.416 e. The van der Waals surface area contributed by atoms with Crippen LogP contribution in [0.15, 0.2) is 84.1 Å². The Morgan fingerprint density at radius 1 is 1.00 bits per heavy atom. The molecular formula is C31H28F4N2O4. The van der Waals surface area contributed by atoms with Gasteiger partial charge in [0.1, 0.15) is 5.82 Å². The molecule has 2 amide bonds. The molecule has 6 nitrogen and oxygen atoms in total. The number of alkyl halides is 3. The Labute approximate surface area is 234 Å². The van der Waals surface area contributed by atoms with Crippen LogP contribution in [0.5, 0.6) is 0 Å². The molecule has 1 N–H and O–H groups in total. The lowest BCUT2D eigenvalue weighted by Gasteiger charge is -2.34. The number of amides is 2. The molecule has 0 saturated carbocycles. The van der Waals surface area contributed by atoms with Crippen molar-refractivity contribution >= 4 is 17.8 Å². The fourth-order valence-electron chi connectivity index (χ4n) is 4.82. The quantitative estimate of drug-likeness (QED) is 0.262. The number of benzene rings is 3. The van der Waals surface area contributed by atoms with Gasteiger partial charge in [-0.15, -0.1) is 0 Å². The van der Waals surface area contributed by atoms with E-state index in [1.165, 1.54) is 35.2 Å². The highest BCUT2D eigenvalue weighted by molar-refractivity contribution is 5.96. The minimum absolute atomic E-state index is 0.0538. The molecule has 1 unspecified atom stereocenters. The number of nitrogens with one attached hydrogen (secondary N) is 1. The average molecular weight is 569 g/mol. The predicted octanol–water partition coefficient (Wildman–Crippen LogP) is 6.13. The number of carbonyl (C=O) groups is 3. The Hall–Kier alpha value is -4.47. The van der Waals surface area contributed by atoms with Crippen molar-refractivity contribution in [3.8, 4) is 0 Å². The fourth-order valence-corrected chi connectivity index (χ4v) is 4.82. The third kappa shape index (κ3) is 7.00. The zero-order chi connectivity index (χ0) is 29.7. The fraction of sp³-hybridized carbons (Fsp3) is 0.258. The van der Waals surface area contributed by atoms with Gasteiger partial charge >= 0.3 is 12.1 Å². The summed E-state index contributed by atoms with van der Waals surface area (Å²) >= 11 is 0. The van der Waals surface area contributed by atoms with Gasteiger partial charge in [-0.3, -0.25) is 9.59 Å². The van der Waals surface area contributed by atoms with E-state index in [1.807, 2.05) is 0 Å². The van der Waals surface area contributed by atoms with Crippen molar-refractivity contribution in [1.29, 1.82) is 0 Å². The van der Waals surface area contributed by atoms with Gasteiger partial charge in [0.2, 0.25) is 5.91 Å². The molecule has 1 aliphatic rings. The zero-order valence-electron chi connectivity index (χ0n) is 22.4. The van der Waals surface area contributed by atoms with E-state index in [-0.39, 0.29) is 43.2 Å². The molecule has 1 heterocycles. The summed E-state index contributed by atoms with van der Waals surface area (Å²) in [7, 11) is 0. The van der Waals surface area contributed by atoms with Crippen molar-refractivity contribution in [3.05, 3.63) is 118 Å². The molecule has 0 saturated heterocycles. The minimum Gasteiger partial charge on any atom is -0.463 e. The third-order valence-electron chi connectivity index (χ3n) is 6.81. The lowest BCUT2D eigenvalue weighted by atomic mass is 9.83. The highest BCUT2D eigenvalue weighted by Gasteiger charge is 2.37. The summed E-state index contributed by atoms with van der Waals surface area (Å²) in [6.45, 7) is 3.36. The summed E-state index contributed by atoms with van der Waals surface area (Å²) in [6, 6.07) is 16.9. The predicted molar refractivity (Wildman–Crippen MR) is 143 cm³/mol. The van der Waals surface area contributed by atoms with Crippen molar-refractivity contribution in [1.82, 2.24) is 10.2 Å². The first-order chi connectivity index (χ1) is 19.5. The largest absolute Gasteiger partial charge is 0.463 e. The number of allylic oxidation sites excluding steroid dienone is 1. The maximum absolute atomic E-state index is 14.0. The van der Waals surface area contributed by atoms with Crippen LogP contribution in [0.25, 0.3) is 0 Å². The third-order valence-corrected chi connectivity index (χ3v) is 6.81. The molecule has 0 radical (unpaired) electrons. The van der Waals surface area contributed by atoms with Crippen LogP contribution in [0.2, 0.25) is 0 Å². The number of carbonyl (C=O) groups excluding carboxylic acids is 3.